The second-order valence-corrected chi connectivity index (χ2v) is 6.47. The van der Waals surface area contributed by atoms with Crippen LogP contribution in [-0.2, 0) is 22.7 Å². The number of carbonyl (C=O) groups is 2. The zero-order valence-electron chi connectivity index (χ0n) is 14.0. The summed E-state index contributed by atoms with van der Waals surface area (Å²) in [4.78, 5) is 28.1. The number of nitrogens with zero attached hydrogens (tertiary/aromatic N) is 3. The van der Waals surface area contributed by atoms with Crippen LogP contribution in [0.15, 0.2) is 55.1 Å². The monoisotopic (exact) mass is 403 g/mol. The van der Waals surface area contributed by atoms with Crippen molar-refractivity contribution in [1.82, 2.24) is 20.1 Å². The first-order valence-corrected chi connectivity index (χ1v) is 8.72. The highest BCUT2D eigenvalue weighted by Gasteiger charge is 2.16. The fraction of sp³-hybridized carbons (Fsp3) is 0.111. The number of amides is 2. The van der Waals surface area contributed by atoms with E-state index in [1.54, 1.807) is 17.1 Å². The second kappa shape index (κ2) is 8.66. The van der Waals surface area contributed by atoms with Crippen LogP contribution in [0.1, 0.15) is 11.1 Å². The van der Waals surface area contributed by atoms with E-state index in [0.717, 1.165) is 11.1 Å². The van der Waals surface area contributed by atoms with E-state index >= 15 is 0 Å². The minimum Gasteiger partial charge on any atom is -0.344 e. The van der Waals surface area contributed by atoms with Gasteiger partial charge in [0.1, 0.15) is 12.7 Å². The molecule has 0 saturated carbocycles. The molecule has 3 rings (SSSR count). The maximum absolute atomic E-state index is 12.1. The first-order chi connectivity index (χ1) is 13.0. The molecule has 0 fully saturated rings. The van der Waals surface area contributed by atoms with Crippen molar-refractivity contribution in [2.45, 2.75) is 13.1 Å². The number of carbonyl (C=O) groups excluding carboxylic acids is 2. The summed E-state index contributed by atoms with van der Waals surface area (Å²) in [6.45, 7) is 0.705. The zero-order chi connectivity index (χ0) is 19.2. The van der Waals surface area contributed by atoms with Crippen molar-refractivity contribution < 1.29 is 9.59 Å². The van der Waals surface area contributed by atoms with Crippen molar-refractivity contribution >= 4 is 40.7 Å². The van der Waals surface area contributed by atoms with Gasteiger partial charge < -0.3 is 10.6 Å². The molecular weight excluding hydrogens is 389 g/mol. The van der Waals surface area contributed by atoms with Gasteiger partial charge in [-0.25, -0.2) is 9.67 Å². The molecule has 0 aliphatic rings. The van der Waals surface area contributed by atoms with E-state index in [9.17, 15) is 9.59 Å². The van der Waals surface area contributed by atoms with Crippen molar-refractivity contribution in [2.24, 2.45) is 0 Å². The van der Waals surface area contributed by atoms with Gasteiger partial charge in [-0.15, -0.1) is 0 Å². The molecule has 3 aromatic rings. The Kier molecular flexibility index (Phi) is 6.05. The number of benzene rings is 2. The molecule has 138 valence electrons. The van der Waals surface area contributed by atoms with Crippen LogP contribution in [0.5, 0.6) is 0 Å². The Morgan fingerprint density at radius 1 is 1.04 bits per heavy atom. The fourth-order valence-electron chi connectivity index (χ4n) is 2.40. The molecule has 0 aliphatic carbocycles. The molecule has 27 heavy (non-hydrogen) atoms. The van der Waals surface area contributed by atoms with Crippen LogP contribution in [0.3, 0.4) is 0 Å². The Labute approximate surface area is 165 Å². The third kappa shape index (κ3) is 5.06. The zero-order valence-corrected chi connectivity index (χ0v) is 15.5. The Morgan fingerprint density at radius 3 is 2.56 bits per heavy atom. The average Bonchev–Trinajstić information content (AvgIpc) is 3.16. The van der Waals surface area contributed by atoms with Gasteiger partial charge in [0.25, 0.3) is 0 Å². The molecule has 1 heterocycles. The van der Waals surface area contributed by atoms with E-state index in [1.807, 2.05) is 24.3 Å². The normalized spacial score (nSPS) is 10.4. The molecule has 2 N–H and O–H groups in total. The molecule has 7 nitrogen and oxygen atoms in total. The van der Waals surface area contributed by atoms with E-state index in [4.69, 9.17) is 23.2 Å². The van der Waals surface area contributed by atoms with E-state index in [0.29, 0.717) is 16.6 Å². The number of halogens is 2. The lowest BCUT2D eigenvalue weighted by Crippen LogP contribution is -2.35. The number of nitrogens with one attached hydrogen (secondary N) is 2. The van der Waals surface area contributed by atoms with E-state index in [-0.39, 0.29) is 12.2 Å². The standard InChI is InChI=1S/C18H15Cl2N5O2/c19-14-5-6-15(20)16(7-14)24-18(27)17(26)22-8-12-3-1-2-4-13(12)9-25-11-21-10-23-25/h1-7,10-11H,8-9H2,(H,22,26)(H,24,27). The van der Waals surface area contributed by atoms with Crippen molar-refractivity contribution in [3.05, 3.63) is 76.3 Å². The molecule has 0 bridgehead atoms. The molecule has 0 spiro atoms. The summed E-state index contributed by atoms with van der Waals surface area (Å²) < 4.78 is 1.68. The molecule has 9 heteroatoms. The third-order valence-electron chi connectivity index (χ3n) is 3.74. The Balaban J connectivity index is 1.62. The minimum atomic E-state index is -0.826. The number of rotatable bonds is 5. The van der Waals surface area contributed by atoms with Crippen molar-refractivity contribution in [3.63, 3.8) is 0 Å². The second-order valence-electron chi connectivity index (χ2n) is 5.62. The van der Waals surface area contributed by atoms with Crippen molar-refractivity contribution in [2.75, 3.05) is 5.32 Å². The number of hydrogen-bond donors (Lipinski definition) is 2. The van der Waals surface area contributed by atoms with E-state index < -0.39 is 11.8 Å². The first-order valence-electron chi connectivity index (χ1n) is 7.96. The quantitative estimate of drug-likeness (QED) is 0.640. The molecule has 1 aromatic heterocycles. The lowest BCUT2D eigenvalue weighted by Gasteiger charge is -2.11. The summed E-state index contributed by atoms with van der Waals surface area (Å²) in [6, 6.07) is 12.2. The third-order valence-corrected chi connectivity index (χ3v) is 4.30. The number of anilines is 1. The van der Waals surface area contributed by atoms with Gasteiger partial charge >= 0.3 is 11.8 Å². The topological polar surface area (TPSA) is 88.9 Å². The molecule has 0 radical (unpaired) electrons. The summed E-state index contributed by atoms with van der Waals surface area (Å²) in [5, 5.41) is 9.81. The van der Waals surface area contributed by atoms with Crippen LogP contribution in [0.2, 0.25) is 10.0 Å². The van der Waals surface area contributed by atoms with Crippen LogP contribution < -0.4 is 10.6 Å². The van der Waals surface area contributed by atoms with Crippen molar-refractivity contribution in [3.8, 4) is 0 Å². The van der Waals surface area contributed by atoms with Gasteiger partial charge in [-0.05, 0) is 29.3 Å². The van der Waals surface area contributed by atoms with Gasteiger partial charge in [0.15, 0.2) is 0 Å². The van der Waals surface area contributed by atoms with Gasteiger partial charge in [0.2, 0.25) is 0 Å². The van der Waals surface area contributed by atoms with Crippen LogP contribution >= 0.6 is 23.2 Å². The maximum atomic E-state index is 12.1. The van der Waals surface area contributed by atoms with Crippen molar-refractivity contribution in [1.29, 1.82) is 0 Å². The molecule has 0 unspecified atom stereocenters. The largest absolute Gasteiger partial charge is 0.344 e. The van der Waals surface area contributed by atoms with Crippen LogP contribution in [-0.4, -0.2) is 26.6 Å². The highest BCUT2D eigenvalue weighted by atomic mass is 35.5. The SMILES string of the molecule is O=C(NCc1ccccc1Cn1cncn1)C(=O)Nc1cc(Cl)ccc1Cl. The molecule has 0 aliphatic heterocycles. The molecule has 2 aromatic carbocycles. The molecule has 0 atom stereocenters. The Morgan fingerprint density at radius 2 is 1.81 bits per heavy atom. The van der Waals surface area contributed by atoms with Gasteiger partial charge in [0.05, 0.1) is 17.3 Å². The number of hydrogen-bond acceptors (Lipinski definition) is 4. The lowest BCUT2D eigenvalue weighted by molar-refractivity contribution is -0.136. The molecule has 2 amide bonds. The first kappa shape index (κ1) is 18.9. The summed E-state index contributed by atoms with van der Waals surface area (Å²) in [7, 11) is 0. The number of aromatic nitrogens is 3. The van der Waals surface area contributed by atoms with Gasteiger partial charge in [0, 0.05) is 11.6 Å². The summed E-state index contributed by atoms with van der Waals surface area (Å²) in [5.74, 6) is -1.60. The van der Waals surface area contributed by atoms with Crippen LogP contribution in [0.4, 0.5) is 5.69 Å². The fourth-order valence-corrected chi connectivity index (χ4v) is 2.74. The summed E-state index contributed by atoms with van der Waals surface area (Å²) >= 11 is 11.9. The Bertz CT molecular complexity index is 960. The van der Waals surface area contributed by atoms with Gasteiger partial charge in [-0.3, -0.25) is 9.59 Å². The summed E-state index contributed by atoms with van der Waals surface area (Å²) in [6.07, 6.45) is 3.06. The lowest BCUT2D eigenvalue weighted by atomic mass is 10.1. The highest BCUT2D eigenvalue weighted by molar-refractivity contribution is 6.42. The van der Waals surface area contributed by atoms with Gasteiger partial charge in [-0.1, -0.05) is 47.5 Å². The minimum absolute atomic E-state index is 0.195. The predicted molar refractivity (Wildman–Crippen MR) is 103 cm³/mol. The molecular formula is C18H15Cl2N5O2. The maximum Gasteiger partial charge on any atom is 0.313 e. The van der Waals surface area contributed by atoms with E-state index in [2.05, 4.69) is 20.7 Å². The van der Waals surface area contributed by atoms with Crippen LogP contribution in [0, 0.1) is 0 Å². The average molecular weight is 404 g/mol. The van der Waals surface area contributed by atoms with Gasteiger partial charge in [-0.2, -0.15) is 5.10 Å². The molecule has 0 saturated heterocycles. The van der Waals surface area contributed by atoms with E-state index in [1.165, 1.54) is 18.5 Å². The summed E-state index contributed by atoms with van der Waals surface area (Å²) in [5.41, 5.74) is 2.10. The van der Waals surface area contributed by atoms with Crippen LogP contribution in [0.25, 0.3) is 0 Å². The smallest absolute Gasteiger partial charge is 0.313 e. The Hall–Kier alpha value is -2.90. The predicted octanol–water partition coefficient (Wildman–Crippen LogP) is 2.89. The highest BCUT2D eigenvalue weighted by Crippen LogP contribution is 2.25.